The summed E-state index contributed by atoms with van der Waals surface area (Å²) in [5, 5.41) is 11.5. The lowest BCUT2D eigenvalue weighted by Gasteiger charge is -2.21. The van der Waals surface area contributed by atoms with Crippen molar-refractivity contribution >= 4 is 11.6 Å². The average molecular weight is 308 g/mol. The van der Waals surface area contributed by atoms with Crippen molar-refractivity contribution in [2.45, 2.75) is 26.8 Å². The van der Waals surface area contributed by atoms with Gasteiger partial charge in [-0.25, -0.2) is 0 Å². The van der Waals surface area contributed by atoms with Crippen molar-refractivity contribution in [2.24, 2.45) is 5.92 Å². The number of aryl methyl sites for hydroxylation is 1. The number of rotatable bonds is 4. The third kappa shape index (κ3) is 3.08. The molecule has 23 heavy (non-hydrogen) atoms. The Balaban J connectivity index is 1.90. The first-order valence-electron chi connectivity index (χ1n) is 7.73. The molecule has 5 nitrogen and oxygen atoms in total. The molecule has 0 bridgehead atoms. The van der Waals surface area contributed by atoms with Gasteiger partial charge in [0.2, 0.25) is 0 Å². The largest absolute Gasteiger partial charge is 0.342 e. The Labute approximate surface area is 135 Å². The number of carbonyl (C=O) groups excluding carboxylic acids is 1. The van der Waals surface area contributed by atoms with Crippen LogP contribution in [0.25, 0.3) is 5.65 Å². The van der Waals surface area contributed by atoms with Crippen LogP contribution in [-0.4, -0.2) is 20.5 Å². The van der Waals surface area contributed by atoms with Gasteiger partial charge < -0.3 is 5.32 Å². The van der Waals surface area contributed by atoms with Crippen molar-refractivity contribution < 1.29 is 4.79 Å². The number of aromatic nitrogens is 3. The third-order valence-electron chi connectivity index (χ3n) is 3.89. The Bertz CT molecular complexity index is 820. The van der Waals surface area contributed by atoms with Crippen molar-refractivity contribution in [3.63, 3.8) is 0 Å². The maximum atomic E-state index is 12.5. The fraction of sp³-hybridized carbons (Fsp3) is 0.278. The van der Waals surface area contributed by atoms with Crippen LogP contribution in [0.5, 0.6) is 0 Å². The maximum Gasteiger partial charge on any atom is 0.251 e. The standard InChI is InChI=1S/C18H20N4O/c1-12(2)16(17-21-20-15-6-4-5-11-22(15)17)19-18(23)14-9-7-13(3)8-10-14/h4-12,16H,1-3H3,(H,19,23)/t16-/m0/s1. The Morgan fingerprint density at radius 1 is 1.09 bits per heavy atom. The van der Waals surface area contributed by atoms with Crippen LogP contribution in [0.3, 0.4) is 0 Å². The van der Waals surface area contributed by atoms with E-state index < -0.39 is 0 Å². The normalized spacial score (nSPS) is 12.5. The minimum absolute atomic E-state index is 0.101. The van der Waals surface area contributed by atoms with Gasteiger partial charge in [-0.1, -0.05) is 37.6 Å². The molecule has 1 N–H and O–H groups in total. The second-order valence-electron chi connectivity index (χ2n) is 6.05. The summed E-state index contributed by atoms with van der Waals surface area (Å²) >= 11 is 0. The van der Waals surface area contributed by atoms with Crippen LogP contribution in [0.4, 0.5) is 0 Å². The fourth-order valence-electron chi connectivity index (χ4n) is 2.53. The van der Waals surface area contributed by atoms with Gasteiger partial charge in [0, 0.05) is 11.8 Å². The third-order valence-corrected chi connectivity index (χ3v) is 3.89. The summed E-state index contributed by atoms with van der Waals surface area (Å²) < 4.78 is 1.92. The predicted molar refractivity (Wildman–Crippen MR) is 89.2 cm³/mol. The number of nitrogens with one attached hydrogen (secondary N) is 1. The van der Waals surface area contributed by atoms with Crippen molar-refractivity contribution in [3.05, 3.63) is 65.6 Å². The van der Waals surface area contributed by atoms with Crippen LogP contribution >= 0.6 is 0 Å². The van der Waals surface area contributed by atoms with Gasteiger partial charge in [0.1, 0.15) is 0 Å². The molecule has 0 unspecified atom stereocenters. The van der Waals surface area contributed by atoms with E-state index in [0.717, 1.165) is 17.0 Å². The van der Waals surface area contributed by atoms with Gasteiger partial charge in [0.25, 0.3) is 5.91 Å². The molecule has 2 aromatic heterocycles. The topological polar surface area (TPSA) is 59.3 Å². The number of hydrogen-bond donors (Lipinski definition) is 1. The van der Waals surface area contributed by atoms with Gasteiger partial charge in [0.15, 0.2) is 11.5 Å². The van der Waals surface area contributed by atoms with E-state index in [9.17, 15) is 4.79 Å². The highest BCUT2D eigenvalue weighted by Crippen LogP contribution is 2.21. The summed E-state index contributed by atoms with van der Waals surface area (Å²) in [4.78, 5) is 12.5. The Hall–Kier alpha value is -2.69. The first-order chi connectivity index (χ1) is 11.1. The summed E-state index contributed by atoms with van der Waals surface area (Å²) in [6.45, 7) is 6.12. The molecule has 0 spiro atoms. The fourth-order valence-corrected chi connectivity index (χ4v) is 2.53. The highest BCUT2D eigenvalue weighted by atomic mass is 16.1. The predicted octanol–water partition coefficient (Wildman–Crippen LogP) is 3.16. The first kappa shape index (κ1) is 15.2. The van der Waals surface area contributed by atoms with Crippen LogP contribution < -0.4 is 5.32 Å². The number of pyridine rings is 1. The smallest absolute Gasteiger partial charge is 0.251 e. The van der Waals surface area contributed by atoms with Gasteiger partial charge >= 0.3 is 0 Å². The molecule has 0 aliphatic rings. The maximum absolute atomic E-state index is 12.5. The lowest BCUT2D eigenvalue weighted by molar-refractivity contribution is 0.0923. The summed E-state index contributed by atoms with van der Waals surface area (Å²) in [6, 6.07) is 13.1. The van der Waals surface area contributed by atoms with Crippen molar-refractivity contribution in [1.82, 2.24) is 19.9 Å². The van der Waals surface area contributed by atoms with Crippen LogP contribution in [0, 0.1) is 12.8 Å². The molecule has 118 valence electrons. The highest BCUT2D eigenvalue weighted by Gasteiger charge is 2.24. The molecule has 3 aromatic rings. The summed E-state index contributed by atoms with van der Waals surface area (Å²) in [7, 11) is 0. The molecule has 3 rings (SSSR count). The zero-order chi connectivity index (χ0) is 16.4. The van der Waals surface area contributed by atoms with Gasteiger partial charge in [-0.3, -0.25) is 9.20 Å². The number of carbonyl (C=O) groups is 1. The van der Waals surface area contributed by atoms with Crippen molar-refractivity contribution in [2.75, 3.05) is 0 Å². The molecule has 0 radical (unpaired) electrons. The van der Waals surface area contributed by atoms with Crippen LogP contribution in [0.15, 0.2) is 48.7 Å². The quantitative estimate of drug-likeness (QED) is 0.805. The molecule has 5 heteroatoms. The average Bonchev–Trinajstić information content (AvgIpc) is 2.96. The zero-order valence-electron chi connectivity index (χ0n) is 13.5. The number of hydrogen-bond acceptors (Lipinski definition) is 3. The van der Waals surface area contributed by atoms with E-state index in [1.165, 1.54) is 0 Å². The van der Waals surface area contributed by atoms with E-state index >= 15 is 0 Å². The molecule has 2 heterocycles. The van der Waals surface area contributed by atoms with E-state index in [2.05, 4.69) is 29.4 Å². The molecule has 0 aliphatic carbocycles. The van der Waals surface area contributed by atoms with Gasteiger partial charge in [-0.05, 0) is 37.1 Å². The van der Waals surface area contributed by atoms with E-state index in [-0.39, 0.29) is 17.9 Å². The van der Waals surface area contributed by atoms with E-state index in [4.69, 9.17) is 0 Å². The monoisotopic (exact) mass is 308 g/mol. The number of amides is 1. The van der Waals surface area contributed by atoms with Crippen molar-refractivity contribution in [3.8, 4) is 0 Å². The molecule has 1 atom stereocenters. The second kappa shape index (κ2) is 6.20. The van der Waals surface area contributed by atoms with Crippen LogP contribution in [0.2, 0.25) is 0 Å². The van der Waals surface area contributed by atoms with Gasteiger partial charge in [-0.15, -0.1) is 10.2 Å². The Kier molecular flexibility index (Phi) is 4.10. The van der Waals surface area contributed by atoms with Crippen LogP contribution in [-0.2, 0) is 0 Å². The molecule has 1 amide bonds. The molecule has 0 aliphatic heterocycles. The SMILES string of the molecule is Cc1ccc(C(=O)N[C@H](c2nnc3ccccn23)C(C)C)cc1. The number of benzene rings is 1. The highest BCUT2D eigenvalue weighted by molar-refractivity contribution is 5.94. The summed E-state index contributed by atoms with van der Waals surface area (Å²) in [5.74, 6) is 0.837. The molecular formula is C18H20N4O. The number of fused-ring (bicyclic) bond motifs is 1. The second-order valence-corrected chi connectivity index (χ2v) is 6.05. The van der Waals surface area contributed by atoms with E-state index in [1.807, 2.05) is 60.0 Å². The molecule has 0 fully saturated rings. The zero-order valence-corrected chi connectivity index (χ0v) is 13.5. The van der Waals surface area contributed by atoms with Crippen LogP contribution in [0.1, 0.15) is 41.6 Å². The van der Waals surface area contributed by atoms with E-state index in [0.29, 0.717) is 5.56 Å². The summed E-state index contributed by atoms with van der Waals surface area (Å²) in [6.07, 6.45) is 1.91. The van der Waals surface area contributed by atoms with E-state index in [1.54, 1.807) is 0 Å². The van der Waals surface area contributed by atoms with Crippen molar-refractivity contribution in [1.29, 1.82) is 0 Å². The molecule has 0 saturated carbocycles. The minimum atomic E-state index is -0.207. The molecule has 0 saturated heterocycles. The first-order valence-corrected chi connectivity index (χ1v) is 7.73. The molecule has 1 aromatic carbocycles. The molecular weight excluding hydrogens is 288 g/mol. The minimum Gasteiger partial charge on any atom is -0.342 e. The number of nitrogens with zero attached hydrogens (tertiary/aromatic N) is 3. The Morgan fingerprint density at radius 3 is 2.52 bits per heavy atom. The summed E-state index contributed by atoms with van der Waals surface area (Å²) in [5.41, 5.74) is 2.55. The van der Waals surface area contributed by atoms with Gasteiger partial charge in [-0.2, -0.15) is 0 Å². The lowest BCUT2D eigenvalue weighted by Crippen LogP contribution is -2.33. The Morgan fingerprint density at radius 2 is 1.83 bits per heavy atom. The lowest BCUT2D eigenvalue weighted by atomic mass is 10.0. The van der Waals surface area contributed by atoms with Gasteiger partial charge in [0.05, 0.1) is 6.04 Å².